The normalized spacial score (nSPS) is 25.4. The lowest BCUT2D eigenvalue weighted by molar-refractivity contribution is -0.136. The van der Waals surface area contributed by atoms with Crippen molar-refractivity contribution in [2.75, 3.05) is 5.32 Å². The SMILES string of the molecule is CC1CC(C(=O)Nc2ccc(CC(=O)O)cc2)C(C)O1. The van der Waals surface area contributed by atoms with Gasteiger partial charge in [-0.25, -0.2) is 0 Å². The van der Waals surface area contributed by atoms with Crippen LogP contribution in [-0.2, 0) is 20.7 Å². The number of hydrogen-bond acceptors (Lipinski definition) is 3. The van der Waals surface area contributed by atoms with E-state index in [-0.39, 0.29) is 30.5 Å². The molecule has 2 rings (SSSR count). The molecule has 1 aromatic carbocycles. The predicted octanol–water partition coefficient (Wildman–Crippen LogP) is 2.07. The average molecular weight is 277 g/mol. The molecule has 1 fully saturated rings. The van der Waals surface area contributed by atoms with Gasteiger partial charge in [-0.1, -0.05) is 12.1 Å². The Kier molecular flexibility index (Phi) is 4.39. The third-order valence-corrected chi connectivity index (χ3v) is 3.51. The second kappa shape index (κ2) is 6.05. The first-order valence-electron chi connectivity index (χ1n) is 6.72. The van der Waals surface area contributed by atoms with Crippen molar-refractivity contribution < 1.29 is 19.4 Å². The fourth-order valence-corrected chi connectivity index (χ4v) is 2.50. The van der Waals surface area contributed by atoms with Gasteiger partial charge in [0.1, 0.15) is 0 Å². The predicted molar refractivity (Wildman–Crippen MR) is 74.5 cm³/mol. The van der Waals surface area contributed by atoms with Crippen molar-refractivity contribution in [2.45, 2.75) is 38.9 Å². The lowest BCUT2D eigenvalue weighted by atomic mass is 9.99. The summed E-state index contributed by atoms with van der Waals surface area (Å²) in [6, 6.07) is 6.86. The lowest BCUT2D eigenvalue weighted by Crippen LogP contribution is -2.27. The zero-order valence-corrected chi connectivity index (χ0v) is 11.6. The maximum absolute atomic E-state index is 12.1. The Bertz CT molecular complexity index is 497. The fraction of sp³-hybridized carbons (Fsp3) is 0.467. The number of aliphatic carboxylic acids is 1. The van der Waals surface area contributed by atoms with Crippen LogP contribution in [0, 0.1) is 5.92 Å². The number of carbonyl (C=O) groups excluding carboxylic acids is 1. The number of nitrogens with one attached hydrogen (secondary N) is 1. The van der Waals surface area contributed by atoms with Crippen molar-refractivity contribution in [3.8, 4) is 0 Å². The van der Waals surface area contributed by atoms with Gasteiger partial charge >= 0.3 is 5.97 Å². The number of ether oxygens (including phenoxy) is 1. The molecule has 1 aromatic rings. The molecule has 0 radical (unpaired) electrons. The van der Waals surface area contributed by atoms with Crippen molar-refractivity contribution in [1.29, 1.82) is 0 Å². The quantitative estimate of drug-likeness (QED) is 0.883. The smallest absolute Gasteiger partial charge is 0.307 e. The summed E-state index contributed by atoms with van der Waals surface area (Å²) < 4.78 is 5.57. The highest BCUT2D eigenvalue weighted by atomic mass is 16.5. The van der Waals surface area contributed by atoms with Gasteiger partial charge in [-0.15, -0.1) is 0 Å². The van der Waals surface area contributed by atoms with Crippen LogP contribution in [0.15, 0.2) is 24.3 Å². The molecule has 5 heteroatoms. The van der Waals surface area contributed by atoms with Crippen molar-refractivity contribution >= 4 is 17.6 Å². The van der Waals surface area contributed by atoms with Gasteiger partial charge < -0.3 is 15.2 Å². The van der Waals surface area contributed by atoms with E-state index in [0.29, 0.717) is 11.3 Å². The highest BCUT2D eigenvalue weighted by Gasteiger charge is 2.34. The molecule has 0 spiro atoms. The van der Waals surface area contributed by atoms with E-state index in [1.54, 1.807) is 24.3 Å². The molecule has 5 nitrogen and oxygen atoms in total. The molecule has 2 N–H and O–H groups in total. The third-order valence-electron chi connectivity index (χ3n) is 3.51. The summed E-state index contributed by atoms with van der Waals surface area (Å²) in [4.78, 5) is 22.7. The Morgan fingerprint density at radius 1 is 1.30 bits per heavy atom. The minimum absolute atomic E-state index is 0.0146. The molecule has 1 aliphatic heterocycles. The van der Waals surface area contributed by atoms with E-state index in [1.807, 2.05) is 13.8 Å². The van der Waals surface area contributed by atoms with E-state index in [4.69, 9.17) is 9.84 Å². The molecule has 0 aromatic heterocycles. The van der Waals surface area contributed by atoms with Crippen molar-refractivity contribution in [3.05, 3.63) is 29.8 Å². The molecular weight excluding hydrogens is 258 g/mol. The number of benzene rings is 1. The summed E-state index contributed by atoms with van der Waals surface area (Å²) in [6.07, 6.45) is 0.749. The molecule has 1 amide bonds. The molecule has 0 bridgehead atoms. The number of amides is 1. The molecule has 0 aliphatic carbocycles. The van der Waals surface area contributed by atoms with E-state index >= 15 is 0 Å². The molecule has 20 heavy (non-hydrogen) atoms. The summed E-state index contributed by atoms with van der Waals surface area (Å²) in [5.41, 5.74) is 1.39. The number of carboxylic acid groups (broad SMARTS) is 1. The third kappa shape index (κ3) is 3.57. The summed E-state index contributed by atoms with van der Waals surface area (Å²) >= 11 is 0. The lowest BCUT2D eigenvalue weighted by Gasteiger charge is -2.14. The van der Waals surface area contributed by atoms with E-state index in [0.717, 1.165) is 6.42 Å². The van der Waals surface area contributed by atoms with Gasteiger partial charge in [-0.2, -0.15) is 0 Å². The number of carbonyl (C=O) groups is 2. The molecule has 0 saturated carbocycles. The Balaban J connectivity index is 1.96. The maximum Gasteiger partial charge on any atom is 0.307 e. The van der Waals surface area contributed by atoms with Crippen LogP contribution in [0.3, 0.4) is 0 Å². The first-order valence-corrected chi connectivity index (χ1v) is 6.72. The number of carboxylic acids is 1. The van der Waals surface area contributed by atoms with Gasteiger partial charge in [0.05, 0.1) is 24.5 Å². The zero-order chi connectivity index (χ0) is 14.7. The monoisotopic (exact) mass is 277 g/mol. The van der Waals surface area contributed by atoms with Gasteiger partial charge in [-0.3, -0.25) is 9.59 Å². The van der Waals surface area contributed by atoms with Crippen LogP contribution in [0.2, 0.25) is 0 Å². The van der Waals surface area contributed by atoms with Crippen molar-refractivity contribution in [1.82, 2.24) is 0 Å². The summed E-state index contributed by atoms with van der Waals surface area (Å²) in [6.45, 7) is 3.87. The molecule has 108 valence electrons. The Labute approximate surface area is 117 Å². The minimum atomic E-state index is -0.868. The van der Waals surface area contributed by atoms with Gasteiger partial charge in [0.2, 0.25) is 5.91 Å². The topological polar surface area (TPSA) is 75.6 Å². The molecular formula is C15H19NO4. The average Bonchev–Trinajstić information content (AvgIpc) is 2.70. The van der Waals surface area contributed by atoms with Gasteiger partial charge in [0.25, 0.3) is 0 Å². The van der Waals surface area contributed by atoms with Crippen molar-refractivity contribution in [3.63, 3.8) is 0 Å². The Hall–Kier alpha value is -1.88. The van der Waals surface area contributed by atoms with Crippen LogP contribution in [0.5, 0.6) is 0 Å². The van der Waals surface area contributed by atoms with E-state index in [2.05, 4.69) is 5.32 Å². The number of hydrogen-bond donors (Lipinski definition) is 2. The molecule has 1 heterocycles. The Morgan fingerprint density at radius 3 is 2.45 bits per heavy atom. The van der Waals surface area contributed by atoms with E-state index < -0.39 is 5.97 Å². The number of rotatable bonds is 4. The molecule has 3 atom stereocenters. The van der Waals surface area contributed by atoms with Crippen LogP contribution >= 0.6 is 0 Å². The largest absolute Gasteiger partial charge is 0.481 e. The van der Waals surface area contributed by atoms with Crippen LogP contribution in [0.1, 0.15) is 25.8 Å². The first-order chi connectivity index (χ1) is 9.45. The summed E-state index contributed by atoms with van der Waals surface area (Å²) in [5.74, 6) is -1.05. The summed E-state index contributed by atoms with van der Waals surface area (Å²) in [5, 5.41) is 11.5. The van der Waals surface area contributed by atoms with Gasteiger partial charge in [0, 0.05) is 5.69 Å². The fourth-order valence-electron chi connectivity index (χ4n) is 2.50. The first kappa shape index (κ1) is 14.5. The second-order valence-corrected chi connectivity index (χ2v) is 5.25. The van der Waals surface area contributed by atoms with Gasteiger partial charge in [-0.05, 0) is 38.0 Å². The van der Waals surface area contributed by atoms with Gasteiger partial charge in [0.15, 0.2) is 0 Å². The second-order valence-electron chi connectivity index (χ2n) is 5.25. The summed E-state index contributed by atoms with van der Waals surface area (Å²) in [7, 11) is 0. The minimum Gasteiger partial charge on any atom is -0.481 e. The highest BCUT2D eigenvalue weighted by molar-refractivity contribution is 5.93. The Morgan fingerprint density at radius 2 is 1.95 bits per heavy atom. The molecule has 3 unspecified atom stereocenters. The van der Waals surface area contributed by atoms with E-state index in [1.165, 1.54) is 0 Å². The zero-order valence-electron chi connectivity index (χ0n) is 11.6. The number of anilines is 1. The van der Waals surface area contributed by atoms with Crippen LogP contribution in [-0.4, -0.2) is 29.2 Å². The van der Waals surface area contributed by atoms with E-state index in [9.17, 15) is 9.59 Å². The maximum atomic E-state index is 12.1. The standard InChI is InChI=1S/C15H19NO4/c1-9-7-13(10(2)20-9)15(19)16-12-5-3-11(4-6-12)8-14(17)18/h3-6,9-10,13H,7-8H2,1-2H3,(H,16,19)(H,17,18). The van der Waals surface area contributed by atoms with Crippen molar-refractivity contribution in [2.24, 2.45) is 5.92 Å². The molecule has 1 saturated heterocycles. The van der Waals surface area contributed by atoms with Crippen LogP contribution < -0.4 is 5.32 Å². The highest BCUT2D eigenvalue weighted by Crippen LogP contribution is 2.27. The molecule has 1 aliphatic rings. The van der Waals surface area contributed by atoms with Crippen LogP contribution in [0.25, 0.3) is 0 Å². The van der Waals surface area contributed by atoms with Crippen LogP contribution in [0.4, 0.5) is 5.69 Å².